The molecule has 0 spiro atoms. The summed E-state index contributed by atoms with van der Waals surface area (Å²) in [6.07, 6.45) is 5.59. The van der Waals surface area contributed by atoms with Gasteiger partial charge < -0.3 is 5.32 Å². The summed E-state index contributed by atoms with van der Waals surface area (Å²) in [5, 5.41) is 3.76. The third kappa shape index (κ3) is 3.62. The first kappa shape index (κ1) is 22.6. The topological polar surface area (TPSA) is 12.0 Å². The molecule has 0 amide bonds. The van der Waals surface area contributed by atoms with E-state index < -0.39 is 0 Å². The molecule has 1 unspecified atom stereocenters. The van der Waals surface area contributed by atoms with E-state index in [-0.39, 0.29) is 10.8 Å². The molecule has 2 aliphatic carbocycles. The zero-order valence-corrected chi connectivity index (χ0v) is 21.3. The van der Waals surface area contributed by atoms with Crippen molar-refractivity contribution in [2.45, 2.75) is 38.0 Å². The summed E-state index contributed by atoms with van der Waals surface area (Å²) >= 11 is 0. The predicted molar refractivity (Wildman–Crippen MR) is 152 cm³/mol. The van der Waals surface area contributed by atoms with Crippen LogP contribution >= 0.6 is 0 Å². The highest BCUT2D eigenvalue weighted by atomic mass is 14.9. The zero-order valence-electron chi connectivity index (χ0n) is 21.3. The summed E-state index contributed by atoms with van der Waals surface area (Å²) in [4.78, 5) is 0. The van der Waals surface area contributed by atoms with E-state index in [2.05, 4.69) is 147 Å². The van der Waals surface area contributed by atoms with E-state index in [1.807, 2.05) is 0 Å². The Morgan fingerprint density at radius 3 is 1.86 bits per heavy atom. The maximum absolute atomic E-state index is 3.76. The van der Waals surface area contributed by atoms with Gasteiger partial charge in [0.05, 0.1) is 5.41 Å². The molecule has 0 radical (unpaired) electrons. The second-order valence-electron chi connectivity index (χ2n) is 11.1. The Morgan fingerprint density at radius 1 is 0.667 bits per heavy atom. The number of hydrogen-bond donors (Lipinski definition) is 1. The van der Waals surface area contributed by atoms with Crippen molar-refractivity contribution in [2.24, 2.45) is 5.92 Å². The van der Waals surface area contributed by atoms with Crippen LogP contribution in [-0.4, -0.2) is 0 Å². The molecule has 0 heterocycles. The van der Waals surface area contributed by atoms with E-state index in [4.69, 9.17) is 0 Å². The quantitative estimate of drug-likeness (QED) is 0.316. The van der Waals surface area contributed by atoms with Crippen molar-refractivity contribution in [2.75, 3.05) is 5.32 Å². The molecular formula is C35H33N. The highest BCUT2D eigenvalue weighted by Gasteiger charge is 2.52. The van der Waals surface area contributed by atoms with E-state index in [1.54, 1.807) is 0 Å². The summed E-state index contributed by atoms with van der Waals surface area (Å²) in [5.41, 5.74) is 10.6. The van der Waals surface area contributed by atoms with Gasteiger partial charge in [0.15, 0.2) is 0 Å². The molecule has 178 valence electrons. The third-order valence-electron chi connectivity index (χ3n) is 7.96. The van der Waals surface area contributed by atoms with Crippen LogP contribution < -0.4 is 5.32 Å². The number of rotatable bonds is 4. The first-order valence-corrected chi connectivity index (χ1v) is 13.0. The molecule has 0 bridgehead atoms. The monoisotopic (exact) mass is 467 g/mol. The van der Waals surface area contributed by atoms with Gasteiger partial charge in [-0.3, -0.25) is 0 Å². The number of nitrogens with one attached hydrogen (secondary N) is 1. The van der Waals surface area contributed by atoms with Crippen molar-refractivity contribution in [3.8, 4) is 0 Å². The van der Waals surface area contributed by atoms with Crippen LogP contribution in [-0.2, 0) is 10.8 Å². The fourth-order valence-corrected chi connectivity index (χ4v) is 6.25. The number of anilines is 1. The van der Waals surface area contributed by atoms with E-state index in [0.717, 1.165) is 12.1 Å². The summed E-state index contributed by atoms with van der Waals surface area (Å²) in [5.74, 6) is 0.307. The normalized spacial score (nSPS) is 18.0. The van der Waals surface area contributed by atoms with Gasteiger partial charge in [0.25, 0.3) is 0 Å². The lowest BCUT2D eigenvalue weighted by atomic mass is 9.63. The highest BCUT2D eigenvalue weighted by Crippen LogP contribution is 2.60. The largest absolute Gasteiger partial charge is 0.359 e. The highest BCUT2D eigenvalue weighted by molar-refractivity contribution is 5.84. The molecule has 1 atom stereocenters. The van der Waals surface area contributed by atoms with E-state index in [1.165, 1.54) is 39.1 Å². The van der Waals surface area contributed by atoms with Crippen molar-refractivity contribution in [3.05, 3.63) is 155 Å². The van der Waals surface area contributed by atoms with Crippen molar-refractivity contribution in [1.82, 2.24) is 0 Å². The van der Waals surface area contributed by atoms with Gasteiger partial charge in [-0.25, -0.2) is 0 Å². The first-order chi connectivity index (χ1) is 17.5. The smallest absolute Gasteiger partial charge is 0.0529 e. The predicted octanol–water partition coefficient (Wildman–Crippen LogP) is 8.73. The molecule has 0 aliphatic heterocycles. The lowest BCUT2D eigenvalue weighted by molar-refractivity contribution is 0.476. The maximum atomic E-state index is 3.76. The van der Waals surface area contributed by atoms with Gasteiger partial charge in [-0.1, -0.05) is 124 Å². The average Bonchev–Trinajstić information content (AvgIpc) is 3.20. The van der Waals surface area contributed by atoms with E-state index in [0.29, 0.717) is 5.92 Å². The standard InChI is InChI=1S/C35H33N/c1-34(2,3)25-18-20-28(21-19-25)36-29-22-23-31-30-16-10-11-17-32(30)35(33(31)24-29,26-12-6-4-7-13-26)27-14-8-5-9-15-27/h4-23,33,36H,24H2,1-3H3. The Bertz CT molecular complexity index is 1390. The Balaban J connectivity index is 1.46. The number of allylic oxidation sites excluding steroid dienone is 4. The summed E-state index contributed by atoms with van der Waals surface area (Å²) in [6.45, 7) is 6.78. The van der Waals surface area contributed by atoms with Gasteiger partial charge in [-0.2, -0.15) is 0 Å². The molecule has 6 rings (SSSR count). The molecule has 1 heteroatoms. The average molecular weight is 468 g/mol. The van der Waals surface area contributed by atoms with E-state index in [9.17, 15) is 0 Å². The van der Waals surface area contributed by atoms with Crippen molar-refractivity contribution < 1.29 is 0 Å². The molecule has 1 N–H and O–H groups in total. The lowest BCUT2D eigenvalue weighted by Gasteiger charge is -2.39. The molecule has 4 aromatic carbocycles. The van der Waals surface area contributed by atoms with Crippen LogP contribution in [0.1, 0.15) is 55.0 Å². The van der Waals surface area contributed by atoms with Crippen molar-refractivity contribution >= 4 is 11.3 Å². The molecule has 0 saturated heterocycles. The summed E-state index contributed by atoms with van der Waals surface area (Å²) in [6, 6.07) is 40.1. The number of benzene rings is 4. The molecule has 4 aromatic rings. The van der Waals surface area contributed by atoms with Crippen LogP contribution in [0.15, 0.2) is 127 Å². The minimum atomic E-state index is -0.234. The van der Waals surface area contributed by atoms with Gasteiger partial charge >= 0.3 is 0 Å². The number of hydrogen-bond acceptors (Lipinski definition) is 1. The van der Waals surface area contributed by atoms with Gasteiger partial charge in [-0.05, 0) is 63.4 Å². The molecule has 0 saturated carbocycles. The summed E-state index contributed by atoms with van der Waals surface area (Å²) in [7, 11) is 0. The van der Waals surface area contributed by atoms with Crippen molar-refractivity contribution in [1.29, 1.82) is 0 Å². The fraction of sp³-hybridized carbons (Fsp3) is 0.200. The third-order valence-corrected chi connectivity index (χ3v) is 7.96. The second kappa shape index (κ2) is 8.68. The minimum Gasteiger partial charge on any atom is -0.359 e. The molecule has 1 nitrogen and oxygen atoms in total. The van der Waals surface area contributed by atoms with Crippen LogP contribution in [0.25, 0.3) is 5.57 Å². The van der Waals surface area contributed by atoms with Gasteiger partial charge in [-0.15, -0.1) is 0 Å². The van der Waals surface area contributed by atoms with Crippen LogP contribution in [0, 0.1) is 5.92 Å². The molecule has 2 aliphatic rings. The number of fused-ring (bicyclic) bond motifs is 3. The van der Waals surface area contributed by atoms with Crippen LogP contribution in [0.4, 0.5) is 5.69 Å². The molecule has 0 fully saturated rings. The Hall–Kier alpha value is -3.84. The maximum Gasteiger partial charge on any atom is 0.0529 e. The van der Waals surface area contributed by atoms with Gasteiger partial charge in [0.2, 0.25) is 0 Å². The Labute approximate surface area is 215 Å². The minimum absolute atomic E-state index is 0.154. The zero-order chi connectivity index (χ0) is 24.8. The van der Waals surface area contributed by atoms with Crippen molar-refractivity contribution in [3.63, 3.8) is 0 Å². The van der Waals surface area contributed by atoms with Crippen LogP contribution in [0.3, 0.4) is 0 Å². The van der Waals surface area contributed by atoms with Gasteiger partial charge in [0, 0.05) is 17.3 Å². The van der Waals surface area contributed by atoms with Crippen LogP contribution in [0.2, 0.25) is 0 Å². The second-order valence-corrected chi connectivity index (χ2v) is 11.1. The van der Waals surface area contributed by atoms with Gasteiger partial charge in [0.1, 0.15) is 0 Å². The first-order valence-electron chi connectivity index (χ1n) is 13.0. The Kier molecular flexibility index (Phi) is 5.45. The summed E-state index contributed by atoms with van der Waals surface area (Å²) < 4.78 is 0. The molecule has 0 aromatic heterocycles. The molecule has 36 heavy (non-hydrogen) atoms. The lowest BCUT2D eigenvalue weighted by Crippen LogP contribution is -2.35. The van der Waals surface area contributed by atoms with E-state index >= 15 is 0 Å². The Morgan fingerprint density at radius 2 is 1.25 bits per heavy atom. The van der Waals surface area contributed by atoms with Crippen LogP contribution in [0.5, 0.6) is 0 Å². The SMILES string of the molecule is CC(C)(C)c1ccc(NC2=CC=C3c4ccccc4C(c4ccccc4)(c4ccccc4)C3C2)cc1. The fourth-order valence-electron chi connectivity index (χ4n) is 6.25. The molecular weight excluding hydrogens is 434 g/mol.